The molecule has 17 heavy (non-hydrogen) atoms. The Morgan fingerprint density at radius 1 is 1.18 bits per heavy atom. The summed E-state index contributed by atoms with van der Waals surface area (Å²) in [5, 5.41) is 2.89. The van der Waals surface area contributed by atoms with Crippen LogP contribution in [0.25, 0.3) is 5.57 Å². The van der Waals surface area contributed by atoms with Gasteiger partial charge in [-0.3, -0.25) is 0 Å². The standard InChI is InChI=1S/C15H19NO/c1-4-14(8-5-12(2)3)15-9-6-13(7-10-15)11-16-17/h5-10H,4,11H2,1-3H3/b14-8+. The third-order valence-electron chi connectivity index (χ3n) is 2.57. The number of hydrogen-bond acceptors (Lipinski definition) is 2. The molecule has 0 amide bonds. The quantitative estimate of drug-likeness (QED) is 0.531. The smallest absolute Gasteiger partial charge is 0.106 e. The van der Waals surface area contributed by atoms with E-state index in [0.29, 0.717) is 0 Å². The molecule has 2 heteroatoms. The Kier molecular flexibility index (Phi) is 5.34. The first kappa shape index (κ1) is 13.4. The van der Waals surface area contributed by atoms with Crippen molar-refractivity contribution in [2.75, 3.05) is 0 Å². The third-order valence-corrected chi connectivity index (χ3v) is 2.57. The molecule has 0 aliphatic heterocycles. The molecule has 1 rings (SSSR count). The Morgan fingerprint density at radius 2 is 1.82 bits per heavy atom. The zero-order valence-electron chi connectivity index (χ0n) is 10.7. The molecule has 0 bridgehead atoms. The number of benzene rings is 1. The summed E-state index contributed by atoms with van der Waals surface area (Å²) in [6.07, 6.45) is 5.27. The van der Waals surface area contributed by atoms with E-state index in [0.717, 1.165) is 12.0 Å². The van der Waals surface area contributed by atoms with Crippen molar-refractivity contribution in [3.63, 3.8) is 0 Å². The van der Waals surface area contributed by atoms with Crippen LogP contribution in [0.5, 0.6) is 0 Å². The van der Waals surface area contributed by atoms with E-state index in [1.165, 1.54) is 16.7 Å². The van der Waals surface area contributed by atoms with Gasteiger partial charge in [0, 0.05) is 0 Å². The molecule has 0 aliphatic rings. The fraction of sp³-hybridized carbons (Fsp3) is 0.333. The summed E-state index contributed by atoms with van der Waals surface area (Å²) in [6.45, 7) is 6.57. The van der Waals surface area contributed by atoms with E-state index < -0.39 is 0 Å². The molecule has 0 heterocycles. The van der Waals surface area contributed by atoms with Gasteiger partial charge in [0.2, 0.25) is 0 Å². The molecule has 90 valence electrons. The normalized spacial score (nSPS) is 11.1. The molecule has 0 unspecified atom stereocenters. The van der Waals surface area contributed by atoms with Crippen molar-refractivity contribution in [2.24, 2.45) is 5.18 Å². The highest BCUT2D eigenvalue weighted by atomic mass is 16.3. The van der Waals surface area contributed by atoms with E-state index in [1.807, 2.05) is 12.1 Å². The van der Waals surface area contributed by atoms with Crippen LogP contribution in [-0.2, 0) is 6.54 Å². The number of allylic oxidation sites excluding steroid dienone is 4. The lowest BCUT2D eigenvalue weighted by atomic mass is 10.0. The van der Waals surface area contributed by atoms with Gasteiger partial charge in [-0.1, -0.05) is 54.1 Å². The largest absolute Gasteiger partial charge is 0.150 e. The Morgan fingerprint density at radius 3 is 2.29 bits per heavy atom. The van der Waals surface area contributed by atoms with Gasteiger partial charge in [0.25, 0.3) is 0 Å². The first-order valence-electron chi connectivity index (χ1n) is 5.90. The van der Waals surface area contributed by atoms with Gasteiger partial charge in [-0.25, -0.2) is 0 Å². The Balaban J connectivity index is 2.93. The summed E-state index contributed by atoms with van der Waals surface area (Å²) in [5.74, 6) is 0. The maximum absolute atomic E-state index is 10.2. The molecular weight excluding hydrogens is 210 g/mol. The predicted molar refractivity (Wildman–Crippen MR) is 73.6 cm³/mol. The minimum atomic E-state index is 0.249. The van der Waals surface area contributed by atoms with Crippen molar-refractivity contribution in [3.05, 3.63) is 58.0 Å². The minimum Gasteiger partial charge on any atom is -0.150 e. The zero-order chi connectivity index (χ0) is 12.7. The topological polar surface area (TPSA) is 29.4 Å². The third kappa shape index (κ3) is 4.35. The van der Waals surface area contributed by atoms with E-state index in [-0.39, 0.29) is 6.54 Å². The Labute approximate surface area is 103 Å². The highest BCUT2D eigenvalue weighted by molar-refractivity contribution is 5.67. The van der Waals surface area contributed by atoms with Gasteiger partial charge in [0.1, 0.15) is 6.54 Å². The van der Waals surface area contributed by atoms with Crippen molar-refractivity contribution in [3.8, 4) is 0 Å². The van der Waals surface area contributed by atoms with Crippen LogP contribution in [0.1, 0.15) is 38.3 Å². The summed E-state index contributed by atoms with van der Waals surface area (Å²) in [5.41, 5.74) is 4.76. The fourth-order valence-electron chi connectivity index (χ4n) is 1.58. The van der Waals surface area contributed by atoms with Gasteiger partial charge in [0.05, 0.1) is 0 Å². The predicted octanol–water partition coefficient (Wildman–Crippen LogP) is 4.71. The van der Waals surface area contributed by atoms with Crippen LogP contribution in [-0.4, -0.2) is 0 Å². The van der Waals surface area contributed by atoms with Crippen LogP contribution in [0.3, 0.4) is 0 Å². The highest BCUT2D eigenvalue weighted by Gasteiger charge is 1.99. The SMILES string of the molecule is CC/C(=C\C=C(C)C)c1ccc(CN=O)cc1. The Bertz CT molecular complexity index is 423. The van der Waals surface area contributed by atoms with Crippen molar-refractivity contribution in [1.29, 1.82) is 0 Å². The van der Waals surface area contributed by atoms with E-state index in [9.17, 15) is 4.91 Å². The second-order valence-corrected chi connectivity index (χ2v) is 4.27. The van der Waals surface area contributed by atoms with Crippen LogP contribution >= 0.6 is 0 Å². The van der Waals surface area contributed by atoms with Crippen LogP contribution in [0.4, 0.5) is 0 Å². The lowest BCUT2D eigenvalue weighted by Gasteiger charge is -2.05. The molecule has 0 spiro atoms. The molecule has 0 saturated heterocycles. The number of hydrogen-bond donors (Lipinski definition) is 0. The van der Waals surface area contributed by atoms with Crippen LogP contribution in [0.15, 0.2) is 47.2 Å². The van der Waals surface area contributed by atoms with E-state index in [1.54, 1.807) is 0 Å². The molecule has 0 N–H and O–H groups in total. The minimum absolute atomic E-state index is 0.249. The molecule has 2 nitrogen and oxygen atoms in total. The molecule has 0 radical (unpaired) electrons. The lowest BCUT2D eigenvalue weighted by Crippen LogP contribution is -1.85. The van der Waals surface area contributed by atoms with Crippen LogP contribution < -0.4 is 0 Å². The average Bonchev–Trinajstić information content (AvgIpc) is 2.32. The molecule has 0 saturated carbocycles. The van der Waals surface area contributed by atoms with Gasteiger partial charge < -0.3 is 0 Å². The summed E-state index contributed by atoms with van der Waals surface area (Å²) >= 11 is 0. The number of nitroso groups, excluding NO2 is 1. The monoisotopic (exact) mass is 229 g/mol. The van der Waals surface area contributed by atoms with Crippen molar-refractivity contribution in [1.82, 2.24) is 0 Å². The maximum Gasteiger partial charge on any atom is 0.106 e. The van der Waals surface area contributed by atoms with Crippen molar-refractivity contribution < 1.29 is 0 Å². The van der Waals surface area contributed by atoms with E-state index in [4.69, 9.17) is 0 Å². The van der Waals surface area contributed by atoms with Gasteiger partial charge in [-0.05, 0) is 37.0 Å². The average molecular weight is 229 g/mol. The van der Waals surface area contributed by atoms with Gasteiger partial charge in [0.15, 0.2) is 0 Å². The maximum atomic E-state index is 10.2. The van der Waals surface area contributed by atoms with Crippen molar-refractivity contribution >= 4 is 5.57 Å². The zero-order valence-corrected chi connectivity index (χ0v) is 10.7. The summed E-state index contributed by atoms with van der Waals surface area (Å²) in [4.78, 5) is 10.2. The fourth-order valence-corrected chi connectivity index (χ4v) is 1.58. The second-order valence-electron chi connectivity index (χ2n) is 4.27. The lowest BCUT2D eigenvalue weighted by molar-refractivity contribution is 1.05. The second kappa shape index (κ2) is 6.79. The molecule has 0 aromatic heterocycles. The molecule has 0 atom stereocenters. The summed E-state index contributed by atoms with van der Waals surface area (Å²) < 4.78 is 0. The van der Waals surface area contributed by atoms with Gasteiger partial charge >= 0.3 is 0 Å². The first-order valence-corrected chi connectivity index (χ1v) is 5.90. The first-order chi connectivity index (χ1) is 8.17. The molecule has 1 aromatic carbocycles. The molecule has 1 aromatic rings. The molecular formula is C15H19NO. The number of rotatable bonds is 5. The van der Waals surface area contributed by atoms with E-state index in [2.05, 4.69) is 50.2 Å². The van der Waals surface area contributed by atoms with Crippen LogP contribution in [0.2, 0.25) is 0 Å². The molecule has 0 fully saturated rings. The van der Waals surface area contributed by atoms with Gasteiger partial charge in [-0.2, -0.15) is 4.91 Å². The van der Waals surface area contributed by atoms with Crippen molar-refractivity contribution in [2.45, 2.75) is 33.7 Å². The van der Waals surface area contributed by atoms with Crippen LogP contribution in [0, 0.1) is 4.91 Å². The summed E-state index contributed by atoms with van der Waals surface area (Å²) in [7, 11) is 0. The van der Waals surface area contributed by atoms with Gasteiger partial charge in [-0.15, -0.1) is 0 Å². The number of nitrogens with zero attached hydrogens (tertiary/aromatic N) is 1. The Hall–Kier alpha value is -1.70. The summed E-state index contributed by atoms with van der Waals surface area (Å²) in [6, 6.07) is 8.02. The molecule has 0 aliphatic carbocycles. The highest BCUT2D eigenvalue weighted by Crippen LogP contribution is 2.19. The van der Waals surface area contributed by atoms with E-state index >= 15 is 0 Å².